The van der Waals surface area contributed by atoms with Crippen LogP contribution in [-0.2, 0) is 6.42 Å². The van der Waals surface area contributed by atoms with E-state index < -0.39 is 0 Å². The van der Waals surface area contributed by atoms with E-state index in [4.69, 9.17) is 11.6 Å². The second kappa shape index (κ2) is 5.17. The predicted octanol–water partition coefficient (Wildman–Crippen LogP) is 4.65. The molecule has 0 aliphatic heterocycles. The lowest BCUT2D eigenvalue weighted by Gasteiger charge is -2.05. The molecule has 2 nitrogen and oxygen atoms in total. The van der Waals surface area contributed by atoms with Crippen LogP contribution in [0.1, 0.15) is 12.5 Å². The summed E-state index contributed by atoms with van der Waals surface area (Å²) in [6.45, 7) is 2.10. The van der Waals surface area contributed by atoms with Crippen molar-refractivity contribution in [2.24, 2.45) is 0 Å². The van der Waals surface area contributed by atoms with Crippen LogP contribution in [0.25, 0.3) is 22.3 Å². The zero-order chi connectivity index (χ0) is 14.1. The highest BCUT2D eigenvalue weighted by molar-refractivity contribution is 6.34. The first kappa shape index (κ1) is 13.0. The summed E-state index contributed by atoms with van der Waals surface area (Å²) in [5.41, 5.74) is 2.79. The first-order valence-corrected chi connectivity index (χ1v) is 6.77. The third-order valence-electron chi connectivity index (χ3n) is 3.23. The highest BCUT2D eigenvalue weighted by Crippen LogP contribution is 2.25. The van der Waals surface area contributed by atoms with Crippen LogP contribution in [0.15, 0.2) is 42.5 Å². The Labute approximate surface area is 121 Å². The molecule has 2 aromatic carbocycles. The molecule has 20 heavy (non-hydrogen) atoms. The number of rotatable bonds is 2. The van der Waals surface area contributed by atoms with Gasteiger partial charge in [-0.25, -0.2) is 14.4 Å². The minimum atomic E-state index is -0.344. The molecule has 0 unspecified atom stereocenters. The van der Waals surface area contributed by atoms with Gasteiger partial charge >= 0.3 is 0 Å². The van der Waals surface area contributed by atoms with Gasteiger partial charge in [0.1, 0.15) is 11.0 Å². The van der Waals surface area contributed by atoms with Crippen LogP contribution in [0.5, 0.6) is 0 Å². The van der Waals surface area contributed by atoms with E-state index in [1.54, 1.807) is 6.07 Å². The summed E-state index contributed by atoms with van der Waals surface area (Å²) in [7, 11) is 0. The zero-order valence-electron chi connectivity index (χ0n) is 10.9. The number of fused-ring (bicyclic) bond motifs is 1. The molecule has 1 heterocycles. The summed E-state index contributed by atoms with van der Waals surface area (Å²) in [5.74, 6) is 0.208. The van der Waals surface area contributed by atoms with Crippen LogP contribution in [0.3, 0.4) is 0 Å². The van der Waals surface area contributed by atoms with Gasteiger partial charge in [0.15, 0.2) is 5.82 Å². The van der Waals surface area contributed by atoms with Crippen LogP contribution in [0, 0.1) is 5.82 Å². The molecule has 0 aliphatic rings. The molecular weight excluding hydrogens is 275 g/mol. The van der Waals surface area contributed by atoms with E-state index in [1.165, 1.54) is 17.7 Å². The Bertz CT molecular complexity index is 769. The Balaban J connectivity index is 2.14. The van der Waals surface area contributed by atoms with Crippen molar-refractivity contribution in [3.05, 3.63) is 59.0 Å². The smallest absolute Gasteiger partial charge is 0.161 e. The number of hydrogen-bond acceptors (Lipinski definition) is 2. The van der Waals surface area contributed by atoms with Crippen molar-refractivity contribution < 1.29 is 4.39 Å². The Kier molecular flexibility index (Phi) is 3.36. The van der Waals surface area contributed by atoms with Crippen molar-refractivity contribution in [3.8, 4) is 11.4 Å². The third kappa shape index (κ3) is 2.37. The topological polar surface area (TPSA) is 25.8 Å². The Morgan fingerprint density at radius 1 is 1.05 bits per heavy atom. The standard InChI is InChI=1S/C16H12ClFN2/c1-2-10-3-5-11(6-4-10)16-19-14-8-7-12(18)9-13(14)15(17)20-16/h3-9H,2H2,1H3. The summed E-state index contributed by atoms with van der Waals surface area (Å²) in [4.78, 5) is 8.70. The Morgan fingerprint density at radius 2 is 1.80 bits per heavy atom. The molecule has 3 rings (SSSR count). The Hall–Kier alpha value is -2.00. The second-order valence-electron chi connectivity index (χ2n) is 4.55. The van der Waals surface area contributed by atoms with Gasteiger partial charge in [-0.3, -0.25) is 0 Å². The molecule has 0 saturated heterocycles. The molecule has 0 amide bonds. The molecule has 0 N–H and O–H groups in total. The zero-order valence-corrected chi connectivity index (χ0v) is 11.7. The summed E-state index contributed by atoms with van der Waals surface area (Å²) in [6, 6.07) is 12.4. The lowest BCUT2D eigenvalue weighted by Crippen LogP contribution is -1.93. The molecule has 0 atom stereocenters. The lowest BCUT2D eigenvalue weighted by molar-refractivity contribution is 0.629. The molecule has 0 saturated carbocycles. The van der Waals surface area contributed by atoms with Crippen molar-refractivity contribution in [1.82, 2.24) is 9.97 Å². The summed E-state index contributed by atoms with van der Waals surface area (Å²) in [5, 5.41) is 0.796. The van der Waals surface area contributed by atoms with Crippen molar-refractivity contribution in [2.75, 3.05) is 0 Å². The van der Waals surface area contributed by atoms with Crippen LogP contribution >= 0.6 is 11.6 Å². The van der Waals surface area contributed by atoms with Gasteiger partial charge in [0.2, 0.25) is 0 Å². The summed E-state index contributed by atoms with van der Waals surface area (Å²) < 4.78 is 13.2. The van der Waals surface area contributed by atoms with Crippen molar-refractivity contribution in [1.29, 1.82) is 0 Å². The van der Waals surface area contributed by atoms with Crippen molar-refractivity contribution in [3.63, 3.8) is 0 Å². The fourth-order valence-corrected chi connectivity index (χ4v) is 2.31. The average molecular weight is 287 g/mol. The molecular formula is C16H12ClFN2. The van der Waals surface area contributed by atoms with E-state index in [2.05, 4.69) is 16.9 Å². The molecule has 0 aliphatic carbocycles. The number of aromatic nitrogens is 2. The van der Waals surface area contributed by atoms with Gasteiger partial charge in [-0.1, -0.05) is 42.8 Å². The van der Waals surface area contributed by atoms with E-state index in [1.807, 2.05) is 24.3 Å². The number of hydrogen-bond donors (Lipinski definition) is 0. The summed E-state index contributed by atoms with van der Waals surface area (Å²) >= 11 is 6.12. The molecule has 0 spiro atoms. The minimum absolute atomic E-state index is 0.268. The first-order valence-electron chi connectivity index (χ1n) is 6.39. The fraction of sp³-hybridized carbons (Fsp3) is 0.125. The first-order chi connectivity index (χ1) is 9.67. The van der Waals surface area contributed by atoms with E-state index in [0.717, 1.165) is 12.0 Å². The highest BCUT2D eigenvalue weighted by atomic mass is 35.5. The van der Waals surface area contributed by atoms with Crippen LogP contribution < -0.4 is 0 Å². The van der Waals surface area contributed by atoms with Gasteiger partial charge in [-0.2, -0.15) is 0 Å². The lowest BCUT2D eigenvalue weighted by atomic mass is 10.1. The van der Waals surface area contributed by atoms with Crippen LogP contribution in [-0.4, -0.2) is 9.97 Å². The molecule has 4 heteroatoms. The van der Waals surface area contributed by atoms with Crippen molar-refractivity contribution in [2.45, 2.75) is 13.3 Å². The maximum atomic E-state index is 13.2. The molecule has 100 valence electrons. The number of benzene rings is 2. The molecule has 0 radical (unpaired) electrons. The van der Waals surface area contributed by atoms with Gasteiger partial charge in [-0.05, 0) is 30.2 Å². The normalized spacial score (nSPS) is 10.9. The Morgan fingerprint density at radius 3 is 2.50 bits per heavy atom. The second-order valence-corrected chi connectivity index (χ2v) is 4.91. The van der Waals surface area contributed by atoms with Gasteiger partial charge in [-0.15, -0.1) is 0 Å². The van der Waals surface area contributed by atoms with E-state index in [-0.39, 0.29) is 11.0 Å². The molecule has 0 fully saturated rings. The SMILES string of the molecule is CCc1ccc(-c2nc(Cl)c3cc(F)ccc3n2)cc1. The van der Waals surface area contributed by atoms with E-state index in [9.17, 15) is 4.39 Å². The monoisotopic (exact) mass is 286 g/mol. The van der Waals surface area contributed by atoms with Crippen molar-refractivity contribution >= 4 is 22.5 Å². The van der Waals surface area contributed by atoms with Gasteiger partial charge in [0.05, 0.1) is 5.52 Å². The molecule has 0 bridgehead atoms. The number of nitrogens with zero attached hydrogens (tertiary/aromatic N) is 2. The van der Waals surface area contributed by atoms with E-state index >= 15 is 0 Å². The largest absolute Gasteiger partial charge is 0.228 e. The summed E-state index contributed by atoms with van der Waals surface area (Å²) in [6.07, 6.45) is 0.985. The number of halogens is 2. The van der Waals surface area contributed by atoms with Crippen LogP contribution in [0.4, 0.5) is 4.39 Å². The minimum Gasteiger partial charge on any atom is -0.228 e. The van der Waals surface area contributed by atoms with Gasteiger partial charge in [0.25, 0.3) is 0 Å². The predicted molar refractivity (Wildman–Crippen MR) is 79.3 cm³/mol. The average Bonchev–Trinajstić information content (AvgIpc) is 2.48. The maximum absolute atomic E-state index is 13.2. The number of aryl methyl sites for hydroxylation is 1. The van der Waals surface area contributed by atoms with E-state index in [0.29, 0.717) is 16.7 Å². The molecule has 3 aromatic rings. The highest BCUT2D eigenvalue weighted by Gasteiger charge is 2.08. The maximum Gasteiger partial charge on any atom is 0.161 e. The van der Waals surface area contributed by atoms with Gasteiger partial charge in [0, 0.05) is 10.9 Å². The van der Waals surface area contributed by atoms with Gasteiger partial charge < -0.3 is 0 Å². The third-order valence-corrected chi connectivity index (χ3v) is 3.52. The van der Waals surface area contributed by atoms with Crippen LogP contribution in [0.2, 0.25) is 5.15 Å². The quantitative estimate of drug-likeness (QED) is 0.641. The fourth-order valence-electron chi connectivity index (χ4n) is 2.08. The molecule has 1 aromatic heterocycles.